The number of benzene rings is 1. The Morgan fingerprint density at radius 1 is 1.25 bits per heavy atom. The minimum Gasteiger partial charge on any atom is -0.378 e. The summed E-state index contributed by atoms with van der Waals surface area (Å²) in [5, 5.41) is 12.0. The Bertz CT molecular complexity index is 665. The summed E-state index contributed by atoms with van der Waals surface area (Å²) in [6, 6.07) is 8.24. The second-order valence-electron chi connectivity index (χ2n) is 5.22. The maximum Gasteiger partial charge on any atom is 0.263 e. The third-order valence-electron chi connectivity index (χ3n) is 3.73. The van der Waals surface area contributed by atoms with Crippen molar-refractivity contribution < 1.29 is 4.74 Å². The van der Waals surface area contributed by atoms with Crippen molar-refractivity contribution in [2.24, 2.45) is 5.10 Å². The van der Waals surface area contributed by atoms with E-state index in [1.807, 2.05) is 19.1 Å². The number of rotatable bonds is 5. The number of nitrogens with two attached hydrogens (primary N) is 1. The average molecular weight is 352 g/mol. The van der Waals surface area contributed by atoms with Gasteiger partial charge >= 0.3 is 0 Å². The van der Waals surface area contributed by atoms with Crippen molar-refractivity contribution >= 4 is 30.3 Å². The molecule has 130 valence electrons. The number of hydrogen-bond donors (Lipinski definition) is 2. The number of aromatic nitrogens is 3. The van der Waals surface area contributed by atoms with Crippen molar-refractivity contribution in [2.45, 2.75) is 13.3 Å². The van der Waals surface area contributed by atoms with Crippen molar-refractivity contribution in [3.8, 4) is 0 Å². The number of nitrogen functional groups attached to an aromatic ring is 1. The van der Waals surface area contributed by atoms with Crippen LogP contribution in [-0.2, 0) is 11.2 Å². The van der Waals surface area contributed by atoms with E-state index in [1.54, 1.807) is 6.21 Å². The van der Waals surface area contributed by atoms with Crippen LogP contribution in [0.25, 0.3) is 0 Å². The maximum absolute atomic E-state index is 5.84. The van der Waals surface area contributed by atoms with Gasteiger partial charge in [0.25, 0.3) is 5.95 Å². The number of morpholine rings is 1. The predicted molar refractivity (Wildman–Crippen MR) is 97.5 cm³/mol. The lowest BCUT2D eigenvalue weighted by Gasteiger charge is -2.28. The lowest BCUT2D eigenvalue weighted by atomic mass is 10.2. The van der Waals surface area contributed by atoms with Crippen LogP contribution in [0.5, 0.6) is 0 Å². The molecule has 0 unspecified atom stereocenters. The van der Waals surface area contributed by atoms with Gasteiger partial charge in [-0.2, -0.15) is 5.10 Å². The van der Waals surface area contributed by atoms with Gasteiger partial charge in [-0.15, -0.1) is 22.6 Å². The molecule has 1 fully saturated rings. The number of hydrazone groups is 1. The van der Waals surface area contributed by atoms with Crippen molar-refractivity contribution in [1.82, 2.24) is 14.9 Å². The molecule has 1 saturated heterocycles. The third-order valence-corrected chi connectivity index (χ3v) is 3.73. The average Bonchev–Trinajstić information content (AvgIpc) is 2.96. The zero-order valence-corrected chi connectivity index (χ0v) is 14.4. The summed E-state index contributed by atoms with van der Waals surface area (Å²) in [6.45, 7) is 5.40. The van der Waals surface area contributed by atoms with Gasteiger partial charge in [-0.05, 0) is 17.7 Å². The first-order chi connectivity index (χ1) is 11.3. The zero-order valence-electron chi connectivity index (χ0n) is 13.6. The van der Waals surface area contributed by atoms with Crippen LogP contribution < -0.4 is 16.2 Å². The number of halogens is 1. The van der Waals surface area contributed by atoms with E-state index < -0.39 is 0 Å². The van der Waals surface area contributed by atoms with Crippen LogP contribution in [0.15, 0.2) is 29.4 Å². The van der Waals surface area contributed by atoms with Gasteiger partial charge in [0, 0.05) is 25.2 Å². The molecule has 0 bridgehead atoms. The SMILES string of the molecule is CCc1nnc(N/N=C\c2ccc(N3CCOCC3)cc2)n1N.Cl. The normalized spacial score (nSPS) is 14.6. The summed E-state index contributed by atoms with van der Waals surface area (Å²) in [4.78, 5) is 2.31. The molecule has 1 aliphatic heterocycles. The number of hydrogen-bond acceptors (Lipinski definition) is 7. The molecule has 2 aromatic rings. The van der Waals surface area contributed by atoms with E-state index in [2.05, 4.69) is 37.8 Å². The van der Waals surface area contributed by atoms with Crippen molar-refractivity contribution in [2.75, 3.05) is 42.5 Å². The van der Waals surface area contributed by atoms with E-state index in [-0.39, 0.29) is 12.4 Å². The largest absolute Gasteiger partial charge is 0.378 e. The van der Waals surface area contributed by atoms with E-state index >= 15 is 0 Å². The fraction of sp³-hybridized carbons (Fsp3) is 0.400. The second kappa shape index (κ2) is 8.51. The Balaban J connectivity index is 0.00000208. The Morgan fingerprint density at radius 2 is 1.96 bits per heavy atom. The van der Waals surface area contributed by atoms with Gasteiger partial charge in [0.1, 0.15) is 0 Å². The van der Waals surface area contributed by atoms with Crippen LogP contribution in [0, 0.1) is 0 Å². The molecule has 0 saturated carbocycles. The number of nitrogens with zero attached hydrogens (tertiary/aromatic N) is 5. The highest BCUT2D eigenvalue weighted by molar-refractivity contribution is 5.85. The highest BCUT2D eigenvalue weighted by atomic mass is 35.5. The number of anilines is 2. The van der Waals surface area contributed by atoms with E-state index in [1.165, 1.54) is 10.4 Å². The van der Waals surface area contributed by atoms with Gasteiger partial charge in [-0.3, -0.25) is 0 Å². The summed E-state index contributed by atoms with van der Waals surface area (Å²) in [5.41, 5.74) is 5.00. The molecule has 0 atom stereocenters. The van der Waals surface area contributed by atoms with Gasteiger partial charge in [0.15, 0.2) is 5.82 Å². The smallest absolute Gasteiger partial charge is 0.263 e. The Hall–Kier alpha value is -2.32. The molecule has 0 spiro atoms. The summed E-state index contributed by atoms with van der Waals surface area (Å²) in [6.07, 6.45) is 2.45. The number of ether oxygens (including phenoxy) is 1. The first kappa shape index (κ1) is 18.0. The molecule has 1 aromatic heterocycles. The molecule has 0 radical (unpaired) electrons. The van der Waals surface area contributed by atoms with Crippen molar-refractivity contribution in [3.05, 3.63) is 35.7 Å². The Morgan fingerprint density at radius 3 is 2.58 bits per heavy atom. The quantitative estimate of drug-likeness (QED) is 0.478. The monoisotopic (exact) mass is 351 g/mol. The van der Waals surface area contributed by atoms with Crippen LogP contribution in [-0.4, -0.2) is 47.4 Å². The first-order valence-electron chi connectivity index (χ1n) is 7.69. The minimum absolute atomic E-state index is 0. The fourth-order valence-corrected chi connectivity index (χ4v) is 2.40. The van der Waals surface area contributed by atoms with E-state index in [4.69, 9.17) is 10.6 Å². The molecular weight excluding hydrogens is 330 g/mol. The molecule has 1 aromatic carbocycles. The van der Waals surface area contributed by atoms with Gasteiger partial charge in [-0.25, -0.2) is 10.1 Å². The fourth-order valence-electron chi connectivity index (χ4n) is 2.40. The molecular formula is C15H22ClN7O. The lowest BCUT2D eigenvalue weighted by molar-refractivity contribution is 0.122. The van der Waals surface area contributed by atoms with Gasteiger partial charge in [-0.1, -0.05) is 19.1 Å². The van der Waals surface area contributed by atoms with E-state index in [9.17, 15) is 0 Å². The van der Waals surface area contributed by atoms with E-state index in [0.29, 0.717) is 11.8 Å². The zero-order chi connectivity index (χ0) is 16.1. The Kier molecular flexibility index (Phi) is 6.39. The summed E-state index contributed by atoms with van der Waals surface area (Å²) in [5.74, 6) is 6.96. The van der Waals surface area contributed by atoms with Crippen LogP contribution in [0.1, 0.15) is 18.3 Å². The first-order valence-corrected chi connectivity index (χ1v) is 7.69. The molecule has 3 N–H and O–H groups in total. The molecule has 8 nitrogen and oxygen atoms in total. The predicted octanol–water partition coefficient (Wildman–Crippen LogP) is 1.26. The second-order valence-corrected chi connectivity index (χ2v) is 5.22. The molecule has 9 heteroatoms. The van der Waals surface area contributed by atoms with Crippen LogP contribution in [0.2, 0.25) is 0 Å². The molecule has 3 rings (SSSR count). The topological polar surface area (TPSA) is 93.6 Å². The van der Waals surface area contributed by atoms with Crippen molar-refractivity contribution in [3.63, 3.8) is 0 Å². The van der Waals surface area contributed by atoms with Crippen LogP contribution >= 0.6 is 12.4 Å². The highest BCUT2D eigenvalue weighted by Gasteiger charge is 2.10. The molecule has 0 amide bonds. The molecule has 0 aliphatic carbocycles. The van der Waals surface area contributed by atoms with Crippen LogP contribution in [0.3, 0.4) is 0 Å². The van der Waals surface area contributed by atoms with E-state index in [0.717, 1.165) is 38.3 Å². The van der Waals surface area contributed by atoms with Crippen LogP contribution in [0.4, 0.5) is 11.6 Å². The minimum atomic E-state index is 0. The number of nitrogens with one attached hydrogen (secondary N) is 1. The standard InChI is InChI=1S/C15H21N7O.ClH/c1-2-14-18-20-15(22(14)16)19-17-11-12-3-5-13(6-4-12)21-7-9-23-10-8-21;/h3-6,11H,2,7-10,16H2,1H3,(H,19,20);1H/b17-11-;. The summed E-state index contributed by atoms with van der Waals surface area (Å²) in [7, 11) is 0. The third kappa shape index (κ3) is 4.15. The maximum atomic E-state index is 5.84. The highest BCUT2D eigenvalue weighted by Crippen LogP contribution is 2.16. The number of aryl methyl sites for hydroxylation is 1. The lowest BCUT2D eigenvalue weighted by Crippen LogP contribution is -2.36. The molecule has 24 heavy (non-hydrogen) atoms. The summed E-state index contributed by atoms with van der Waals surface area (Å²) < 4.78 is 6.77. The van der Waals surface area contributed by atoms with Crippen molar-refractivity contribution in [1.29, 1.82) is 0 Å². The molecule has 1 aliphatic rings. The molecule has 2 heterocycles. The summed E-state index contributed by atoms with van der Waals surface area (Å²) >= 11 is 0. The van der Waals surface area contributed by atoms with Gasteiger partial charge < -0.3 is 15.5 Å². The van der Waals surface area contributed by atoms with Gasteiger partial charge in [0.2, 0.25) is 0 Å². The Labute approximate surface area is 147 Å². The van der Waals surface area contributed by atoms with Gasteiger partial charge in [0.05, 0.1) is 19.4 Å².